The Morgan fingerprint density at radius 3 is 2.47 bits per heavy atom. The first-order valence-corrected chi connectivity index (χ1v) is 9.49. The van der Waals surface area contributed by atoms with E-state index in [1.807, 2.05) is 55.5 Å². The van der Waals surface area contributed by atoms with Crippen molar-refractivity contribution in [2.24, 2.45) is 0 Å². The number of hydrogen-bond acceptors (Lipinski definition) is 5. The van der Waals surface area contributed by atoms with E-state index in [9.17, 15) is 9.59 Å². The van der Waals surface area contributed by atoms with Crippen molar-refractivity contribution >= 4 is 28.6 Å². The van der Waals surface area contributed by atoms with Gasteiger partial charge in [0.1, 0.15) is 5.52 Å². The Hall–Kier alpha value is -4.00. The van der Waals surface area contributed by atoms with Crippen molar-refractivity contribution in [3.05, 3.63) is 89.5 Å². The van der Waals surface area contributed by atoms with Gasteiger partial charge >= 0.3 is 5.97 Å². The van der Waals surface area contributed by atoms with E-state index in [0.29, 0.717) is 17.8 Å². The molecule has 150 valence electrons. The summed E-state index contributed by atoms with van der Waals surface area (Å²) in [5.41, 5.74) is 4.89. The van der Waals surface area contributed by atoms with Crippen molar-refractivity contribution in [2.45, 2.75) is 13.5 Å². The molecule has 1 heterocycles. The molecule has 1 amide bonds. The van der Waals surface area contributed by atoms with Crippen LogP contribution in [-0.2, 0) is 16.1 Å². The van der Waals surface area contributed by atoms with Gasteiger partial charge in [-0.25, -0.2) is 9.48 Å². The Morgan fingerprint density at radius 1 is 0.967 bits per heavy atom. The van der Waals surface area contributed by atoms with Crippen LogP contribution in [-0.4, -0.2) is 33.5 Å². The average Bonchev–Trinajstić information content (AvgIpc) is 3.17. The number of aryl methyl sites for hydroxylation is 1. The van der Waals surface area contributed by atoms with E-state index in [4.69, 9.17) is 4.74 Å². The number of para-hydroxylation sites is 1. The molecule has 0 spiro atoms. The number of aromatic nitrogens is 3. The third kappa shape index (κ3) is 4.52. The van der Waals surface area contributed by atoms with Crippen molar-refractivity contribution in [1.82, 2.24) is 15.0 Å². The summed E-state index contributed by atoms with van der Waals surface area (Å²) in [6.07, 6.45) is 0. The maximum absolute atomic E-state index is 12.2. The van der Waals surface area contributed by atoms with Gasteiger partial charge in [-0.05, 0) is 48.9 Å². The van der Waals surface area contributed by atoms with Crippen LogP contribution in [0.2, 0.25) is 0 Å². The number of benzene rings is 3. The SMILES string of the molecule is Cc1ccc(NC(=O)COC(=O)c2ccc(Cn3nnc4ccccc43)cc2)cc1. The molecule has 7 heteroatoms. The van der Waals surface area contributed by atoms with Crippen LogP contribution in [0.4, 0.5) is 5.69 Å². The Balaban J connectivity index is 1.32. The maximum atomic E-state index is 12.2. The first kappa shape index (κ1) is 19.3. The standard InChI is InChI=1S/C23H20N4O3/c1-16-6-12-19(13-7-16)24-22(28)15-30-23(29)18-10-8-17(9-11-18)14-27-21-5-3-2-4-20(21)25-26-27/h2-13H,14-15H2,1H3,(H,24,28). The molecule has 0 unspecified atom stereocenters. The second-order valence-electron chi connectivity index (χ2n) is 6.92. The summed E-state index contributed by atoms with van der Waals surface area (Å²) < 4.78 is 6.91. The van der Waals surface area contributed by atoms with Gasteiger partial charge in [0.15, 0.2) is 6.61 Å². The third-order valence-corrected chi connectivity index (χ3v) is 4.61. The van der Waals surface area contributed by atoms with Crippen molar-refractivity contribution in [3.63, 3.8) is 0 Å². The van der Waals surface area contributed by atoms with Gasteiger partial charge in [0, 0.05) is 5.69 Å². The van der Waals surface area contributed by atoms with Crippen LogP contribution < -0.4 is 5.32 Å². The van der Waals surface area contributed by atoms with Crippen molar-refractivity contribution in [1.29, 1.82) is 0 Å². The van der Waals surface area contributed by atoms with E-state index in [0.717, 1.165) is 22.2 Å². The van der Waals surface area contributed by atoms with Crippen molar-refractivity contribution < 1.29 is 14.3 Å². The van der Waals surface area contributed by atoms with E-state index in [1.54, 1.807) is 28.9 Å². The molecule has 0 atom stereocenters. The molecule has 0 aliphatic heterocycles. The molecular weight excluding hydrogens is 380 g/mol. The highest BCUT2D eigenvalue weighted by molar-refractivity contribution is 5.95. The average molecular weight is 400 g/mol. The number of carbonyl (C=O) groups excluding carboxylic acids is 2. The number of rotatable bonds is 6. The second-order valence-corrected chi connectivity index (χ2v) is 6.92. The lowest BCUT2D eigenvalue weighted by molar-refractivity contribution is -0.119. The predicted molar refractivity (Wildman–Crippen MR) is 113 cm³/mol. The van der Waals surface area contributed by atoms with Crippen molar-refractivity contribution in [3.8, 4) is 0 Å². The number of nitrogens with zero attached hydrogens (tertiary/aromatic N) is 3. The minimum absolute atomic E-state index is 0.348. The van der Waals surface area contributed by atoms with E-state index in [2.05, 4.69) is 15.6 Å². The minimum atomic E-state index is -0.549. The summed E-state index contributed by atoms with van der Waals surface area (Å²) >= 11 is 0. The highest BCUT2D eigenvalue weighted by Crippen LogP contribution is 2.13. The molecule has 3 aromatic carbocycles. The topological polar surface area (TPSA) is 86.1 Å². The molecule has 0 saturated heterocycles. The second kappa shape index (κ2) is 8.57. The molecular formula is C23H20N4O3. The lowest BCUT2D eigenvalue weighted by Gasteiger charge is -2.08. The van der Waals surface area contributed by atoms with Gasteiger partial charge in [-0.2, -0.15) is 0 Å². The quantitative estimate of drug-likeness (QED) is 0.500. The fourth-order valence-electron chi connectivity index (χ4n) is 3.00. The zero-order valence-electron chi connectivity index (χ0n) is 16.4. The van der Waals surface area contributed by atoms with E-state index in [1.165, 1.54) is 0 Å². The number of esters is 1. The molecule has 0 radical (unpaired) electrons. The third-order valence-electron chi connectivity index (χ3n) is 4.61. The van der Waals surface area contributed by atoms with Gasteiger partial charge in [-0.1, -0.05) is 47.2 Å². The van der Waals surface area contributed by atoms with E-state index in [-0.39, 0.29) is 12.5 Å². The van der Waals surface area contributed by atoms with Crippen LogP contribution in [0.3, 0.4) is 0 Å². The number of hydrogen-bond donors (Lipinski definition) is 1. The molecule has 4 rings (SSSR count). The molecule has 1 aromatic heterocycles. The van der Waals surface area contributed by atoms with Crippen LogP contribution in [0, 0.1) is 6.92 Å². The van der Waals surface area contributed by atoms with Gasteiger partial charge in [-0.3, -0.25) is 4.79 Å². The molecule has 0 saturated carbocycles. The first-order chi connectivity index (χ1) is 14.6. The van der Waals surface area contributed by atoms with Gasteiger partial charge in [0.05, 0.1) is 17.6 Å². The van der Waals surface area contributed by atoms with Crippen LogP contribution in [0.5, 0.6) is 0 Å². The molecule has 4 aromatic rings. The predicted octanol–water partition coefficient (Wildman–Crippen LogP) is 3.58. The zero-order valence-corrected chi connectivity index (χ0v) is 16.4. The van der Waals surface area contributed by atoms with Crippen LogP contribution in [0.25, 0.3) is 11.0 Å². The summed E-state index contributed by atoms with van der Waals surface area (Å²) in [5, 5.41) is 11.0. The number of carbonyl (C=O) groups is 2. The Labute approximate surface area is 173 Å². The summed E-state index contributed by atoms with van der Waals surface area (Å²) in [6.45, 7) is 2.15. The van der Waals surface area contributed by atoms with E-state index >= 15 is 0 Å². The van der Waals surface area contributed by atoms with Gasteiger partial charge in [-0.15, -0.1) is 5.10 Å². The lowest BCUT2D eigenvalue weighted by Crippen LogP contribution is -2.20. The summed E-state index contributed by atoms with van der Waals surface area (Å²) in [7, 11) is 0. The van der Waals surface area contributed by atoms with Gasteiger partial charge in [0.25, 0.3) is 5.91 Å². The number of nitrogens with one attached hydrogen (secondary N) is 1. The number of anilines is 1. The Bertz CT molecular complexity index is 1180. The fourth-order valence-corrected chi connectivity index (χ4v) is 3.00. The highest BCUT2D eigenvalue weighted by atomic mass is 16.5. The van der Waals surface area contributed by atoms with Crippen LogP contribution in [0.1, 0.15) is 21.5 Å². The Kier molecular flexibility index (Phi) is 5.52. The largest absolute Gasteiger partial charge is 0.452 e. The number of ether oxygens (including phenoxy) is 1. The van der Waals surface area contributed by atoms with Gasteiger partial charge in [0.2, 0.25) is 0 Å². The lowest BCUT2D eigenvalue weighted by atomic mass is 10.1. The van der Waals surface area contributed by atoms with Crippen LogP contribution in [0.15, 0.2) is 72.8 Å². The first-order valence-electron chi connectivity index (χ1n) is 9.49. The van der Waals surface area contributed by atoms with Crippen LogP contribution >= 0.6 is 0 Å². The maximum Gasteiger partial charge on any atom is 0.338 e. The van der Waals surface area contributed by atoms with Gasteiger partial charge < -0.3 is 10.1 Å². The normalized spacial score (nSPS) is 10.7. The molecule has 30 heavy (non-hydrogen) atoms. The smallest absolute Gasteiger partial charge is 0.338 e. The summed E-state index contributed by atoms with van der Waals surface area (Å²) in [4.78, 5) is 24.2. The van der Waals surface area contributed by atoms with Crippen molar-refractivity contribution in [2.75, 3.05) is 11.9 Å². The van der Waals surface area contributed by atoms with E-state index < -0.39 is 5.97 Å². The monoisotopic (exact) mass is 400 g/mol. The molecule has 1 N–H and O–H groups in total. The molecule has 0 aliphatic rings. The molecule has 7 nitrogen and oxygen atoms in total. The summed E-state index contributed by atoms with van der Waals surface area (Å²) in [5.74, 6) is -0.936. The number of fused-ring (bicyclic) bond motifs is 1. The molecule has 0 fully saturated rings. The zero-order chi connectivity index (χ0) is 20.9. The molecule has 0 bridgehead atoms. The highest BCUT2D eigenvalue weighted by Gasteiger charge is 2.11. The summed E-state index contributed by atoms with van der Waals surface area (Å²) in [6, 6.07) is 22.1. The fraction of sp³-hybridized carbons (Fsp3) is 0.130. The minimum Gasteiger partial charge on any atom is -0.452 e. The number of amides is 1. The Morgan fingerprint density at radius 2 is 1.70 bits per heavy atom. The molecule has 0 aliphatic carbocycles.